The van der Waals surface area contributed by atoms with Crippen molar-refractivity contribution in [1.82, 2.24) is 5.32 Å². The first-order valence-electron chi connectivity index (χ1n) is 5.58. The monoisotopic (exact) mass is 431 g/mol. The number of phenolic OH excluding ortho intramolecular Hbond substituents is 1. The van der Waals surface area contributed by atoms with Crippen molar-refractivity contribution in [2.24, 2.45) is 0 Å². The van der Waals surface area contributed by atoms with E-state index in [1.165, 1.54) is 0 Å². The maximum absolute atomic E-state index is 12.1. The molecule has 5 heteroatoms. The summed E-state index contributed by atoms with van der Waals surface area (Å²) < 4.78 is 1.75. The van der Waals surface area contributed by atoms with Crippen LogP contribution in [-0.4, -0.2) is 11.0 Å². The zero-order chi connectivity index (χ0) is 13.8. The number of nitrogens with one attached hydrogen (secondary N) is 1. The highest BCUT2D eigenvalue weighted by Crippen LogP contribution is 2.19. The topological polar surface area (TPSA) is 49.3 Å². The Labute approximate surface area is 133 Å². The van der Waals surface area contributed by atoms with Crippen LogP contribution in [0.5, 0.6) is 5.75 Å². The van der Waals surface area contributed by atoms with Gasteiger partial charge in [-0.3, -0.25) is 4.79 Å². The molecule has 1 amide bonds. The van der Waals surface area contributed by atoms with Gasteiger partial charge < -0.3 is 10.4 Å². The molecule has 0 unspecified atom stereocenters. The summed E-state index contributed by atoms with van der Waals surface area (Å²) >= 11 is 5.47. The molecule has 2 aromatic rings. The van der Waals surface area contributed by atoms with Crippen LogP contribution in [-0.2, 0) is 6.54 Å². The Morgan fingerprint density at radius 1 is 1.26 bits per heavy atom. The van der Waals surface area contributed by atoms with Crippen LogP contribution in [0.2, 0.25) is 0 Å². The zero-order valence-electron chi connectivity index (χ0n) is 9.86. The van der Waals surface area contributed by atoms with Crippen molar-refractivity contribution in [1.29, 1.82) is 0 Å². The van der Waals surface area contributed by atoms with E-state index in [9.17, 15) is 9.90 Å². The van der Waals surface area contributed by atoms with Crippen LogP contribution < -0.4 is 5.32 Å². The van der Waals surface area contributed by atoms with Crippen LogP contribution in [0.4, 0.5) is 0 Å². The number of hydrogen-bond acceptors (Lipinski definition) is 2. The molecule has 0 aliphatic carbocycles. The molecule has 3 nitrogen and oxygen atoms in total. The van der Waals surface area contributed by atoms with E-state index in [-0.39, 0.29) is 11.7 Å². The molecule has 0 aromatic heterocycles. The lowest BCUT2D eigenvalue weighted by Crippen LogP contribution is -2.23. The van der Waals surface area contributed by atoms with Gasteiger partial charge in [0.25, 0.3) is 5.91 Å². The Morgan fingerprint density at radius 2 is 2.00 bits per heavy atom. The van der Waals surface area contributed by atoms with Crippen molar-refractivity contribution in [3.05, 3.63) is 61.6 Å². The van der Waals surface area contributed by atoms with Crippen LogP contribution >= 0.6 is 38.5 Å². The minimum atomic E-state index is -0.158. The number of halogens is 2. The molecule has 0 aliphatic rings. The third-order valence-corrected chi connectivity index (χ3v) is 4.04. The van der Waals surface area contributed by atoms with Crippen molar-refractivity contribution in [3.63, 3.8) is 0 Å². The second kappa shape index (κ2) is 6.38. The van der Waals surface area contributed by atoms with Gasteiger partial charge in [-0.15, -0.1) is 0 Å². The first kappa shape index (κ1) is 14.3. The normalized spacial score (nSPS) is 10.2. The molecule has 0 bridgehead atoms. The second-order valence-electron chi connectivity index (χ2n) is 3.94. The van der Waals surface area contributed by atoms with Crippen LogP contribution in [0.3, 0.4) is 0 Å². The molecule has 0 atom stereocenters. The minimum Gasteiger partial charge on any atom is -0.508 e. The predicted octanol–water partition coefficient (Wildman–Crippen LogP) is 3.69. The van der Waals surface area contributed by atoms with Gasteiger partial charge in [-0.25, -0.2) is 0 Å². The van der Waals surface area contributed by atoms with Gasteiger partial charge in [-0.05, 0) is 46.9 Å². The standard InChI is InChI=1S/C14H11BrINO2/c15-10-5-6-12(16)11(7-10)14(19)17-8-9-3-1-2-4-13(9)18/h1-7,18H,8H2,(H,17,19). The fourth-order valence-corrected chi connectivity index (χ4v) is 2.54. The highest BCUT2D eigenvalue weighted by atomic mass is 127. The van der Waals surface area contributed by atoms with Gasteiger partial charge in [0.2, 0.25) is 0 Å². The SMILES string of the molecule is O=C(NCc1ccccc1O)c1cc(Br)ccc1I. The Bertz CT molecular complexity index is 616. The first-order valence-corrected chi connectivity index (χ1v) is 7.45. The van der Waals surface area contributed by atoms with E-state index < -0.39 is 0 Å². The number of amides is 1. The highest BCUT2D eigenvalue weighted by molar-refractivity contribution is 14.1. The molecular formula is C14H11BrINO2. The third kappa shape index (κ3) is 3.70. The number of carbonyl (C=O) groups is 1. The van der Waals surface area contributed by atoms with E-state index >= 15 is 0 Å². The smallest absolute Gasteiger partial charge is 0.252 e. The second-order valence-corrected chi connectivity index (χ2v) is 6.01. The molecular weight excluding hydrogens is 421 g/mol. The minimum absolute atomic E-state index is 0.158. The predicted molar refractivity (Wildman–Crippen MR) is 86.1 cm³/mol. The lowest BCUT2D eigenvalue weighted by Gasteiger charge is -2.08. The molecule has 0 saturated heterocycles. The van der Waals surface area contributed by atoms with Crippen molar-refractivity contribution >= 4 is 44.4 Å². The lowest BCUT2D eigenvalue weighted by atomic mass is 10.2. The quantitative estimate of drug-likeness (QED) is 0.728. The van der Waals surface area contributed by atoms with Gasteiger partial charge in [0.05, 0.1) is 5.56 Å². The van der Waals surface area contributed by atoms with E-state index in [1.54, 1.807) is 24.3 Å². The molecule has 19 heavy (non-hydrogen) atoms. The number of hydrogen-bond donors (Lipinski definition) is 2. The average molecular weight is 432 g/mol. The summed E-state index contributed by atoms with van der Waals surface area (Å²) in [6.07, 6.45) is 0. The Balaban J connectivity index is 2.10. The molecule has 0 aliphatic heterocycles. The van der Waals surface area contributed by atoms with Crippen LogP contribution in [0, 0.1) is 3.57 Å². The summed E-state index contributed by atoms with van der Waals surface area (Å²) in [4.78, 5) is 12.1. The molecule has 0 spiro atoms. The number of phenols is 1. The van der Waals surface area contributed by atoms with E-state index in [0.717, 1.165) is 8.04 Å². The van der Waals surface area contributed by atoms with Gasteiger partial charge in [-0.1, -0.05) is 34.1 Å². The number of carbonyl (C=O) groups excluding carboxylic acids is 1. The van der Waals surface area contributed by atoms with Gasteiger partial charge in [0.1, 0.15) is 5.75 Å². The van der Waals surface area contributed by atoms with E-state index in [1.807, 2.05) is 18.2 Å². The van der Waals surface area contributed by atoms with E-state index in [2.05, 4.69) is 43.8 Å². The molecule has 2 N–H and O–H groups in total. The van der Waals surface area contributed by atoms with Gasteiger partial charge >= 0.3 is 0 Å². The fourth-order valence-electron chi connectivity index (χ4n) is 1.60. The largest absolute Gasteiger partial charge is 0.508 e. The van der Waals surface area contributed by atoms with Gasteiger partial charge in [0, 0.05) is 20.2 Å². The number of para-hydroxylation sites is 1. The van der Waals surface area contributed by atoms with Crippen molar-refractivity contribution in [2.45, 2.75) is 6.54 Å². The average Bonchev–Trinajstić information content (AvgIpc) is 2.40. The number of rotatable bonds is 3. The Morgan fingerprint density at radius 3 is 2.74 bits per heavy atom. The Kier molecular flexibility index (Phi) is 4.81. The summed E-state index contributed by atoms with van der Waals surface area (Å²) in [6.45, 7) is 0.300. The summed E-state index contributed by atoms with van der Waals surface area (Å²) in [5.74, 6) is 0.0284. The summed E-state index contributed by atoms with van der Waals surface area (Å²) in [6, 6.07) is 12.5. The molecule has 2 aromatic carbocycles. The maximum Gasteiger partial charge on any atom is 0.252 e. The molecule has 0 radical (unpaired) electrons. The zero-order valence-corrected chi connectivity index (χ0v) is 13.6. The van der Waals surface area contributed by atoms with Gasteiger partial charge in [0.15, 0.2) is 0 Å². The molecule has 98 valence electrons. The van der Waals surface area contributed by atoms with E-state index in [4.69, 9.17) is 0 Å². The van der Waals surface area contributed by atoms with Crippen LogP contribution in [0.15, 0.2) is 46.9 Å². The van der Waals surface area contributed by atoms with Crippen LogP contribution in [0.1, 0.15) is 15.9 Å². The van der Waals surface area contributed by atoms with Crippen molar-refractivity contribution in [2.75, 3.05) is 0 Å². The lowest BCUT2D eigenvalue weighted by molar-refractivity contribution is 0.0950. The highest BCUT2D eigenvalue weighted by Gasteiger charge is 2.10. The Hall–Kier alpha value is -1.08. The summed E-state index contributed by atoms with van der Waals surface area (Å²) in [5, 5.41) is 12.4. The van der Waals surface area contributed by atoms with Crippen molar-refractivity contribution in [3.8, 4) is 5.75 Å². The number of benzene rings is 2. The third-order valence-electron chi connectivity index (χ3n) is 2.60. The van der Waals surface area contributed by atoms with Crippen LogP contribution in [0.25, 0.3) is 0 Å². The number of aromatic hydroxyl groups is 1. The molecule has 0 heterocycles. The molecule has 0 fully saturated rings. The summed E-state index contributed by atoms with van der Waals surface area (Å²) in [5.41, 5.74) is 1.31. The maximum atomic E-state index is 12.1. The van der Waals surface area contributed by atoms with Crippen molar-refractivity contribution < 1.29 is 9.90 Å². The molecule has 0 saturated carbocycles. The van der Waals surface area contributed by atoms with Gasteiger partial charge in [-0.2, -0.15) is 0 Å². The molecule has 2 rings (SSSR count). The summed E-state index contributed by atoms with van der Waals surface area (Å²) in [7, 11) is 0. The fraction of sp³-hybridized carbons (Fsp3) is 0.0714. The van der Waals surface area contributed by atoms with E-state index in [0.29, 0.717) is 17.7 Å². The first-order chi connectivity index (χ1) is 9.08.